The number of fused-ring (bicyclic) bond motifs is 1. The SMILES string of the molecule is CCN(CC)C(=O)CSc1nc2ccccc2c(=O)n1Nc1ccccc1. The Morgan fingerprint density at radius 2 is 1.74 bits per heavy atom. The van der Waals surface area contributed by atoms with Crippen LogP contribution in [0.2, 0.25) is 0 Å². The van der Waals surface area contributed by atoms with E-state index in [1.54, 1.807) is 17.0 Å². The summed E-state index contributed by atoms with van der Waals surface area (Å²) in [6, 6.07) is 16.6. The zero-order chi connectivity index (χ0) is 19.2. The minimum absolute atomic E-state index is 0.0265. The molecule has 1 N–H and O–H groups in total. The van der Waals surface area contributed by atoms with Gasteiger partial charge in [-0.3, -0.25) is 15.0 Å². The van der Waals surface area contributed by atoms with E-state index in [0.717, 1.165) is 5.69 Å². The molecule has 3 rings (SSSR count). The van der Waals surface area contributed by atoms with Crippen molar-refractivity contribution in [3.8, 4) is 0 Å². The van der Waals surface area contributed by atoms with Gasteiger partial charge < -0.3 is 4.90 Å². The maximum atomic E-state index is 13.0. The fraction of sp³-hybridized carbons (Fsp3) is 0.250. The average molecular weight is 382 g/mol. The average Bonchev–Trinajstić information content (AvgIpc) is 2.70. The Kier molecular flexibility index (Phi) is 6.13. The zero-order valence-corrected chi connectivity index (χ0v) is 16.2. The van der Waals surface area contributed by atoms with Crippen molar-refractivity contribution >= 4 is 34.3 Å². The van der Waals surface area contributed by atoms with Crippen molar-refractivity contribution in [2.24, 2.45) is 0 Å². The largest absolute Gasteiger partial charge is 0.343 e. The monoisotopic (exact) mass is 382 g/mol. The first-order valence-corrected chi connectivity index (χ1v) is 9.87. The van der Waals surface area contributed by atoms with Crippen molar-refractivity contribution in [3.63, 3.8) is 0 Å². The highest BCUT2D eigenvalue weighted by Crippen LogP contribution is 2.19. The molecule has 1 heterocycles. The zero-order valence-electron chi connectivity index (χ0n) is 15.4. The Bertz CT molecular complexity index is 984. The molecular weight excluding hydrogens is 360 g/mol. The van der Waals surface area contributed by atoms with E-state index < -0.39 is 0 Å². The number of aromatic nitrogens is 2. The Hall–Kier alpha value is -2.80. The second kappa shape index (κ2) is 8.73. The molecule has 1 aromatic heterocycles. The van der Waals surface area contributed by atoms with Crippen LogP contribution in [-0.4, -0.2) is 39.3 Å². The maximum Gasteiger partial charge on any atom is 0.280 e. The molecule has 0 unspecified atom stereocenters. The number of hydrogen-bond donors (Lipinski definition) is 1. The number of para-hydroxylation sites is 2. The Morgan fingerprint density at radius 3 is 2.44 bits per heavy atom. The number of anilines is 1. The predicted molar refractivity (Wildman–Crippen MR) is 110 cm³/mol. The number of carbonyl (C=O) groups is 1. The molecule has 0 bridgehead atoms. The molecule has 2 aromatic carbocycles. The third kappa shape index (κ3) is 4.31. The van der Waals surface area contributed by atoms with Gasteiger partial charge >= 0.3 is 0 Å². The molecule has 6 nitrogen and oxygen atoms in total. The summed E-state index contributed by atoms with van der Waals surface area (Å²) in [4.78, 5) is 31.7. The first-order valence-electron chi connectivity index (χ1n) is 8.88. The van der Waals surface area contributed by atoms with Crippen molar-refractivity contribution in [1.82, 2.24) is 14.6 Å². The Morgan fingerprint density at radius 1 is 1.07 bits per heavy atom. The van der Waals surface area contributed by atoms with Crippen LogP contribution in [0, 0.1) is 0 Å². The third-order valence-electron chi connectivity index (χ3n) is 4.20. The molecule has 0 saturated carbocycles. The van der Waals surface area contributed by atoms with Crippen LogP contribution in [-0.2, 0) is 4.79 Å². The summed E-state index contributed by atoms with van der Waals surface area (Å²) in [7, 11) is 0. The lowest BCUT2D eigenvalue weighted by Crippen LogP contribution is -2.33. The number of benzene rings is 2. The minimum Gasteiger partial charge on any atom is -0.343 e. The molecule has 0 aliphatic rings. The number of nitrogens with one attached hydrogen (secondary N) is 1. The molecular formula is C20H22N4O2S. The lowest BCUT2D eigenvalue weighted by molar-refractivity contribution is -0.127. The Labute approximate surface area is 162 Å². The molecule has 7 heteroatoms. The van der Waals surface area contributed by atoms with Gasteiger partial charge in [0.05, 0.1) is 22.3 Å². The van der Waals surface area contributed by atoms with E-state index in [-0.39, 0.29) is 17.2 Å². The second-order valence-electron chi connectivity index (χ2n) is 5.88. The molecule has 140 valence electrons. The summed E-state index contributed by atoms with van der Waals surface area (Å²) < 4.78 is 1.41. The highest BCUT2D eigenvalue weighted by molar-refractivity contribution is 7.99. The quantitative estimate of drug-likeness (QED) is 0.502. The summed E-state index contributed by atoms with van der Waals surface area (Å²) in [6.45, 7) is 5.23. The van der Waals surface area contributed by atoms with Gasteiger partial charge in [0.15, 0.2) is 5.16 Å². The molecule has 0 fully saturated rings. The van der Waals surface area contributed by atoms with Crippen molar-refractivity contribution in [1.29, 1.82) is 0 Å². The highest BCUT2D eigenvalue weighted by atomic mass is 32.2. The van der Waals surface area contributed by atoms with Crippen LogP contribution in [0.25, 0.3) is 10.9 Å². The lowest BCUT2D eigenvalue weighted by atomic mass is 10.2. The summed E-state index contributed by atoms with van der Waals surface area (Å²) in [5.74, 6) is 0.252. The summed E-state index contributed by atoms with van der Waals surface area (Å²) in [5.41, 5.74) is 4.31. The molecule has 0 spiro atoms. The lowest BCUT2D eigenvalue weighted by Gasteiger charge is -2.19. The Balaban J connectivity index is 1.98. The number of amides is 1. The van der Waals surface area contributed by atoms with Crippen molar-refractivity contribution in [3.05, 3.63) is 65.0 Å². The first-order chi connectivity index (χ1) is 13.1. The van der Waals surface area contributed by atoms with Crippen LogP contribution < -0.4 is 11.0 Å². The predicted octanol–water partition coefficient (Wildman–Crippen LogP) is 3.23. The molecule has 0 saturated heterocycles. The van der Waals surface area contributed by atoms with E-state index in [9.17, 15) is 9.59 Å². The molecule has 0 aliphatic heterocycles. The molecule has 27 heavy (non-hydrogen) atoms. The van der Waals surface area contributed by atoms with Gasteiger partial charge in [-0.1, -0.05) is 42.1 Å². The van der Waals surface area contributed by atoms with Gasteiger partial charge in [-0.15, -0.1) is 0 Å². The van der Waals surface area contributed by atoms with E-state index in [1.807, 2.05) is 56.3 Å². The second-order valence-corrected chi connectivity index (χ2v) is 6.83. The van der Waals surface area contributed by atoms with Crippen LogP contribution in [0.3, 0.4) is 0 Å². The van der Waals surface area contributed by atoms with E-state index in [1.165, 1.54) is 16.4 Å². The molecule has 0 atom stereocenters. The van der Waals surface area contributed by atoms with Gasteiger partial charge in [-0.2, -0.15) is 4.68 Å². The van der Waals surface area contributed by atoms with E-state index >= 15 is 0 Å². The number of thioether (sulfide) groups is 1. The highest BCUT2D eigenvalue weighted by Gasteiger charge is 2.15. The van der Waals surface area contributed by atoms with Gasteiger partial charge in [-0.05, 0) is 38.1 Å². The summed E-state index contributed by atoms with van der Waals surface area (Å²) in [6.07, 6.45) is 0. The van der Waals surface area contributed by atoms with E-state index in [2.05, 4.69) is 10.4 Å². The van der Waals surface area contributed by atoms with Crippen LogP contribution >= 0.6 is 11.8 Å². The van der Waals surface area contributed by atoms with Gasteiger partial charge in [0.25, 0.3) is 5.56 Å². The summed E-state index contributed by atoms with van der Waals surface area (Å²) in [5, 5.41) is 0.989. The van der Waals surface area contributed by atoms with E-state index in [0.29, 0.717) is 29.1 Å². The molecule has 0 radical (unpaired) electrons. The number of carbonyl (C=O) groups excluding carboxylic acids is 1. The van der Waals surface area contributed by atoms with Crippen molar-refractivity contribution in [2.75, 3.05) is 24.3 Å². The van der Waals surface area contributed by atoms with Crippen LogP contribution in [0.1, 0.15) is 13.8 Å². The molecule has 3 aromatic rings. The fourth-order valence-electron chi connectivity index (χ4n) is 2.74. The summed E-state index contributed by atoms with van der Waals surface area (Å²) >= 11 is 1.26. The molecule has 0 aliphatic carbocycles. The molecule has 1 amide bonds. The van der Waals surface area contributed by atoms with Gasteiger partial charge in [0.2, 0.25) is 5.91 Å². The van der Waals surface area contributed by atoms with Crippen molar-refractivity contribution < 1.29 is 4.79 Å². The van der Waals surface area contributed by atoms with Gasteiger partial charge in [-0.25, -0.2) is 4.98 Å². The third-order valence-corrected chi connectivity index (χ3v) is 5.12. The van der Waals surface area contributed by atoms with E-state index in [4.69, 9.17) is 0 Å². The topological polar surface area (TPSA) is 67.2 Å². The van der Waals surface area contributed by atoms with Crippen LogP contribution in [0.5, 0.6) is 0 Å². The van der Waals surface area contributed by atoms with Crippen molar-refractivity contribution in [2.45, 2.75) is 19.0 Å². The van der Waals surface area contributed by atoms with Crippen LogP contribution in [0.4, 0.5) is 5.69 Å². The fourth-order valence-corrected chi connectivity index (χ4v) is 3.60. The number of rotatable bonds is 7. The smallest absolute Gasteiger partial charge is 0.280 e. The standard InChI is InChI=1S/C20H22N4O2S/c1-3-23(4-2)18(25)14-27-20-21-17-13-9-8-12-16(17)19(26)24(20)22-15-10-6-5-7-11-15/h5-13,22H,3-4,14H2,1-2H3. The number of nitrogens with zero attached hydrogens (tertiary/aromatic N) is 3. The van der Waals surface area contributed by atoms with Gasteiger partial charge in [0.1, 0.15) is 0 Å². The number of hydrogen-bond acceptors (Lipinski definition) is 5. The maximum absolute atomic E-state index is 13.0. The minimum atomic E-state index is -0.192. The normalized spacial score (nSPS) is 10.7. The van der Waals surface area contributed by atoms with Gasteiger partial charge in [0, 0.05) is 13.1 Å². The van der Waals surface area contributed by atoms with Crippen LogP contribution in [0.15, 0.2) is 64.5 Å². The first kappa shape index (κ1) is 19.0.